The lowest BCUT2D eigenvalue weighted by molar-refractivity contribution is 0.0379. The van der Waals surface area contributed by atoms with E-state index in [2.05, 4.69) is 25.8 Å². The quantitative estimate of drug-likeness (QED) is 0.736. The third kappa shape index (κ3) is 4.69. The number of rotatable bonds is 5. The molecule has 1 aromatic rings. The molecule has 0 fully saturated rings. The van der Waals surface area contributed by atoms with Crippen molar-refractivity contribution in [3.63, 3.8) is 0 Å². The molecule has 1 aromatic heterocycles. The Morgan fingerprint density at radius 2 is 1.94 bits per heavy atom. The van der Waals surface area contributed by atoms with E-state index in [1.54, 1.807) is 12.1 Å². The first kappa shape index (κ1) is 13.8. The van der Waals surface area contributed by atoms with Gasteiger partial charge in [0.05, 0.1) is 23.4 Å². The predicted molar refractivity (Wildman–Crippen MR) is 68.0 cm³/mol. The number of pyridine rings is 1. The second-order valence-corrected chi connectivity index (χ2v) is 5.11. The lowest BCUT2D eigenvalue weighted by atomic mass is 10.1. The van der Waals surface area contributed by atoms with Crippen molar-refractivity contribution in [3.8, 4) is 0 Å². The molecule has 0 radical (unpaired) electrons. The Morgan fingerprint density at radius 3 is 2.56 bits per heavy atom. The van der Waals surface area contributed by atoms with Gasteiger partial charge in [-0.25, -0.2) is 4.98 Å². The monoisotopic (exact) mass is 261 g/mol. The van der Waals surface area contributed by atoms with Gasteiger partial charge in [0.25, 0.3) is 0 Å². The molecular weight excluding hydrogens is 245 g/mol. The van der Waals surface area contributed by atoms with E-state index in [0.717, 1.165) is 6.42 Å². The minimum Gasteiger partial charge on any atom is -0.372 e. The Morgan fingerprint density at radius 1 is 1.25 bits per heavy atom. The summed E-state index contributed by atoms with van der Waals surface area (Å²) in [6.45, 7) is 6.81. The molecule has 0 aliphatic heterocycles. The van der Waals surface area contributed by atoms with Crippen LogP contribution < -0.4 is 0 Å². The zero-order valence-corrected chi connectivity index (χ0v) is 11.3. The van der Waals surface area contributed by atoms with Crippen LogP contribution in [-0.2, 0) is 11.3 Å². The fourth-order valence-electron chi connectivity index (χ4n) is 1.51. The lowest BCUT2D eigenvalue weighted by Gasteiger charge is -2.15. The van der Waals surface area contributed by atoms with E-state index in [4.69, 9.17) is 27.9 Å². The van der Waals surface area contributed by atoms with E-state index in [1.165, 1.54) is 0 Å². The minimum atomic E-state index is 0.205. The van der Waals surface area contributed by atoms with Crippen molar-refractivity contribution in [2.75, 3.05) is 0 Å². The van der Waals surface area contributed by atoms with Crippen LogP contribution in [0.2, 0.25) is 10.2 Å². The Labute approximate surface area is 107 Å². The van der Waals surface area contributed by atoms with E-state index in [-0.39, 0.29) is 6.10 Å². The van der Waals surface area contributed by atoms with Crippen LogP contribution in [-0.4, -0.2) is 11.1 Å². The average molecular weight is 262 g/mol. The van der Waals surface area contributed by atoms with Crippen molar-refractivity contribution < 1.29 is 4.74 Å². The molecule has 0 aliphatic carbocycles. The molecule has 0 aliphatic rings. The van der Waals surface area contributed by atoms with Crippen LogP contribution in [0.5, 0.6) is 0 Å². The summed E-state index contributed by atoms with van der Waals surface area (Å²) >= 11 is 11.8. The van der Waals surface area contributed by atoms with Crippen LogP contribution in [0.25, 0.3) is 0 Å². The van der Waals surface area contributed by atoms with Crippen molar-refractivity contribution in [1.82, 2.24) is 4.98 Å². The SMILES string of the molecule is CC(C)CC(C)OCc1nc(Cl)ccc1Cl. The fourth-order valence-corrected chi connectivity index (χ4v) is 1.84. The topological polar surface area (TPSA) is 22.1 Å². The zero-order valence-electron chi connectivity index (χ0n) is 9.84. The maximum Gasteiger partial charge on any atom is 0.129 e. The van der Waals surface area contributed by atoms with Gasteiger partial charge < -0.3 is 4.74 Å². The molecule has 4 heteroatoms. The largest absolute Gasteiger partial charge is 0.372 e. The Kier molecular flexibility index (Phi) is 5.53. The summed E-state index contributed by atoms with van der Waals surface area (Å²) in [6, 6.07) is 3.41. The highest BCUT2D eigenvalue weighted by molar-refractivity contribution is 6.32. The van der Waals surface area contributed by atoms with Gasteiger partial charge in [0.1, 0.15) is 5.15 Å². The summed E-state index contributed by atoms with van der Waals surface area (Å²) < 4.78 is 5.67. The number of hydrogen-bond donors (Lipinski definition) is 0. The van der Waals surface area contributed by atoms with E-state index in [0.29, 0.717) is 28.4 Å². The summed E-state index contributed by atoms with van der Waals surface area (Å²) in [4.78, 5) is 4.13. The molecule has 0 aromatic carbocycles. The zero-order chi connectivity index (χ0) is 12.1. The summed E-state index contributed by atoms with van der Waals surface area (Å²) in [6.07, 6.45) is 1.23. The molecule has 1 heterocycles. The van der Waals surface area contributed by atoms with Crippen LogP contribution in [0.3, 0.4) is 0 Å². The minimum absolute atomic E-state index is 0.205. The van der Waals surface area contributed by atoms with Gasteiger partial charge >= 0.3 is 0 Å². The molecule has 1 rings (SSSR count). The van der Waals surface area contributed by atoms with E-state index >= 15 is 0 Å². The molecular formula is C12H17Cl2NO. The number of ether oxygens (including phenoxy) is 1. The normalized spacial score (nSPS) is 13.1. The maximum atomic E-state index is 5.98. The average Bonchev–Trinajstić information content (AvgIpc) is 2.18. The van der Waals surface area contributed by atoms with Gasteiger partial charge in [0.15, 0.2) is 0 Å². The number of aromatic nitrogens is 1. The molecule has 0 spiro atoms. The first-order chi connectivity index (χ1) is 7.49. The van der Waals surface area contributed by atoms with Gasteiger partial charge in [-0.1, -0.05) is 37.0 Å². The summed E-state index contributed by atoms with van der Waals surface area (Å²) in [5.74, 6) is 0.623. The van der Waals surface area contributed by atoms with Crippen LogP contribution in [0.15, 0.2) is 12.1 Å². The Bertz CT molecular complexity index is 342. The molecule has 2 nitrogen and oxygen atoms in total. The van der Waals surface area contributed by atoms with Crippen molar-refractivity contribution in [2.45, 2.75) is 39.9 Å². The third-order valence-corrected chi connectivity index (χ3v) is 2.75. The molecule has 0 saturated heterocycles. The Hall–Kier alpha value is -0.310. The molecule has 0 amide bonds. The first-order valence-electron chi connectivity index (χ1n) is 5.41. The van der Waals surface area contributed by atoms with Crippen molar-refractivity contribution in [2.24, 2.45) is 5.92 Å². The molecule has 0 bridgehead atoms. The molecule has 90 valence electrons. The Balaban J connectivity index is 2.51. The maximum absolute atomic E-state index is 5.98. The van der Waals surface area contributed by atoms with Crippen LogP contribution in [0.4, 0.5) is 0 Å². The van der Waals surface area contributed by atoms with E-state index in [1.807, 2.05) is 0 Å². The molecule has 1 atom stereocenters. The first-order valence-corrected chi connectivity index (χ1v) is 6.17. The van der Waals surface area contributed by atoms with Crippen LogP contribution in [0.1, 0.15) is 32.9 Å². The highest BCUT2D eigenvalue weighted by Gasteiger charge is 2.08. The van der Waals surface area contributed by atoms with Crippen LogP contribution >= 0.6 is 23.2 Å². The van der Waals surface area contributed by atoms with Crippen LogP contribution in [0, 0.1) is 5.92 Å². The van der Waals surface area contributed by atoms with Crippen molar-refractivity contribution in [1.29, 1.82) is 0 Å². The second kappa shape index (κ2) is 6.43. The van der Waals surface area contributed by atoms with Gasteiger partial charge in [0, 0.05) is 0 Å². The summed E-state index contributed by atoms with van der Waals surface area (Å²) in [5.41, 5.74) is 0.699. The van der Waals surface area contributed by atoms with Gasteiger partial charge in [-0.2, -0.15) is 0 Å². The second-order valence-electron chi connectivity index (χ2n) is 4.31. The van der Waals surface area contributed by atoms with E-state index < -0.39 is 0 Å². The van der Waals surface area contributed by atoms with E-state index in [9.17, 15) is 0 Å². The predicted octanol–water partition coefficient (Wildman–Crippen LogP) is 4.34. The van der Waals surface area contributed by atoms with Crippen molar-refractivity contribution in [3.05, 3.63) is 28.0 Å². The highest BCUT2D eigenvalue weighted by Crippen LogP contribution is 2.19. The smallest absolute Gasteiger partial charge is 0.129 e. The number of hydrogen-bond acceptors (Lipinski definition) is 2. The van der Waals surface area contributed by atoms with Gasteiger partial charge in [-0.05, 0) is 31.4 Å². The molecule has 1 unspecified atom stereocenters. The third-order valence-electron chi connectivity index (χ3n) is 2.19. The fraction of sp³-hybridized carbons (Fsp3) is 0.583. The summed E-state index contributed by atoms with van der Waals surface area (Å²) in [7, 11) is 0. The molecule has 0 saturated carbocycles. The lowest BCUT2D eigenvalue weighted by Crippen LogP contribution is -2.11. The highest BCUT2D eigenvalue weighted by atomic mass is 35.5. The molecule has 0 N–H and O–H groups in total. The van der Waals surface area contributed by atoms with Gasteiger partial charge in [-0.15, -0.1) is 0 Å². The van der Waals surface area contributed by atoms with Gasteiger partial charge in [-0.3, -0.25) is 0 Å². The van der Waals surface area contributed by atoms with Gasteiger partial charge in [0.2, 0.25) is 0 Å². The number of halogens is 2. The van der Waals surface area contributed by atoms with Crippen molar-refractivity contribution >= 4 is 23.2 Å². The summed E-state index contributed by atoms with van der Waals surface area (Å²) in [5, 5.41) is 1.04. The standard InChI is InChI=1S/C12H17Cl2NO/c1-8(2)6-9(3)16-7-11-10(13)4-5-12(14)15-11/h4-5,8-9H,6-7H2,1-3H3. The molecule has 16 heavy (non-hydrogen) atoms. The number of nitrogens with zero attached hydrogens (tertiary/aromatic N) is 1.